The number of aromatic nitrogens is 1. The molecule has 0 radical (unpaired) electrons. The van der Waals surface area contributed by atoms with Gasteiger partial charge in [-0.1, -0.05) is 11.6 Å². The number of carbonyl (C=O) groups is 2. The predicted octanol–water partition coefficient (Wildman–Crippen LogP) is 2.99. The molecule has 9 heteroatoms. The average Bonchev–Trinajstić information content (AvgIpc) is 3.16. The zero-order valence-electron chi connectivity index (χ0n) is 12.3. The summed E-state index contributed by atoms with van der Waals surface area (Å²) in [5.74, 6) is -1.10. The normalized spacial score (nSPS) is 16.2. The number of thiazole rings is 1. The summed E-state index contributed by atoms with van der Waals surface area (Å²) in [6, 6.07) is 6.76. The molecule has 1 aromatic carbocycles. The molecule has 2 heterocycles. The Morgan fingerprint density at radius 1 is 1.33 bits per heavy atom. The molecule has 3 rings (SSSR count). The number of halogens is 1. The van der Waals surface area contributed by atoms with E-state index in [4.69, 9.17) is 23.8 Å². The Bertz CT molecular complexity index is 834. The molecule has 0 bridgehead atoms. The molecule has 6 nitrogen and oxygen atoms in total. The van der Waals surface area contributed by atoms with Crippen molar-refractivity contribution < 1.29 is 14.3 Å². The maximum absolute atomic E-state index is 12.8. The molecule has 0 unspecified atom stereocenters. The Labute approximate surface area is 151 Å². The van der Waals surface area contributed by atoms with Gasteiger partial charge in [0.15, 0.2) is 10.2 Å². The van der Waals surface area contributed by atoms with Crippen molar-refractivity contribution in [1.29, 1.82) is 0 Å². The summed E-state index contributed by atoms with van der Waals surface area (Å²) in [6.45, 7) is 0. The van der Waals surface area contributed by atoms with Crippen LogP contribution in [0.4, 0.5) is 10.8 Å². The van der Waals surface area contributed by atoms with Crippen LogP contribution in [0, 0.1) is 0 Å². The minimum absolute atomic E-state index is 0.0874. The van der Waals surface area contributed by atoms with Crippen molar-refractivity contribution in [2.24, 2.45) is 0 Å². The number of esters is 1. The van der Waals surface area contributed by atoms with Gasteiger partial charge >= 0.3 is 5.97 Å². The molecule has 1 aliphatic rings. The molecule has 0 N–H and O–H groups in total. The van der Waals surface area contributed by atoms with E-state index in [1.165, 1.54) is 28.2 Å². The van der Waals surface area contributed by atoms with Gasteiger partial charge in [-0.05, 0) is 36.5 Å². The van der Waals surface area contributed by atoms with Crippen LogP contribution >= 0.6 is 35.2 Å². The molecule has 1 aliphatic heterocycles. The molecule has 0 spiro atoms. The van der Waals surface area contributed by atoms with Gasteiger partial charge in [-0.3, -0.25) is 9.69 Å². The number of hydrogen-bond donors (Lipinski definition) is 0. The lowest BCUT2D eigenvalue weighted by Crippen LogP contribution is -2.32. The molecule has 2 aromatic rings. The number of ether oxygens (including phenoxy) is 1. The standard InChI is InChI=1S/C15H10ClN3O3S2/c1-22-12(20)8-11-13(21)19(14-17-6-7-24-14)15(23)18(11)10-4-2-9(16)3-5-10/h2-8H,1H3. The van der Waals surface area contributed by atoms with Crippen molar-refractivity contribution >= 4 is 63.0 Å². The first-order valence-corrected chi connectivity index (χ1v) is 8.32. The summed E-state index contributed by atoms with van der Waals surface area (Å²) >= 11 is 12.6. The second-order valence-electron chi connectivity index (χ2n) is 4.60. The van der Waals surface area contributed by atoms with Gasteiger partial charge in [-0.25, -0.2) is 14.7 Å². The fourth-order valence-corrected chi connectivity index (χ4v) is 3.33. The van der Waals surface area contributed by atoms with Crippen LogP contribution in [0.1, 0.15) is 0 Å². The largest absolute Gasteiger partial charge is 0.466 e. The third-order valence-electron chi connectivity index (χ3n) is 3.20. The van der Waals surface area contributed by atoms with Crippen LogP contribution in [0.2, 0.25) is 5.02 Å². The number of anilines is 2. The van der Waals surface area contributed by atoms with Gasteiger partial charge in [-0.2, -0.15) is 0 Å². The molecule has 122 valence electrons. The minimum atomic E-state index is -0.652. The monoisotopic (exact) mass is 379 g/mol. The zero-order valence-corrected chi connectivity index (χ0v) is 14.7. The first kappa shape index (κ1) is 16.6. The molecule has 1 fully saturated rings. The summed E-state index contributed by atoms with van der Waals surface area (Å²) in [7, 11) is 1.24. The van der Waals surface area contributed by atoms with Crippen molar-refractivity contribution in [2.75, 3.05) is 16.9 Å². The Hall–Kier alpha value is -2.29. The summed E-state index contributed by atoms with van der Waals surface area (Å²) in [6.07, 6.45) is 2.68. The van der Waals surface area contributed by atoms with Crippen molar-refractivity contribution in [3.63, 3.8) is 0 Å². The van der Waals surface area contributed by atoms with E-state index in [0.29, 0.717) is 15.8 Å². The first-order chi connectivity index (χ1) is 11.5. The van der Waals surface area contributed by atoms with E-state index in [9.17, 15) is 9.59 Å². The predicted molar refractivity (Wildman–Crippen MR) is 96.2 cm³/mol. The van der Waals surface area contributed by atoms with E-state index in [0.717, 1.165) is 6.08 Å². The highest BCUT2D eigenvalue weighted by Crippen LogP contribution is 2.33. The van der Waals surface area contributed by atoms with Gasteiger partial charge in [0.1, 0.15) is 5.70 Å². The highest BCUT2D eigenvalue weighted by Gasteiger charge is 2.41. The fraction of sp³-hybridized carbons (Fsp3) is 0.0667. The van der Waals surface area contributed by atoms with E-state index in [1.807, 2.05) is 0 Å². The van der Waals surface area contributed by atoms with Gasteiger partial charge in [0.2, 0.25) is 0 Å². The first-order valence-electron chi connectivity index (χ1n) is 6.66. The van der Waals surface area contributed by atoms with Crippen molar-refractivity contribution in [2.45, 2.75) is 0 Å². The van der Waals surface area contributed by atoms with Gasteiger partial charge in [0, 0.05) is 22.3 Å². The number of thiocarbonyl (C=S) groups is 1. The van der Waals surface area contributed by atoms with Gasteiger partial charge in [0.05, 0.1) is 13.2 Å². The summed E-state index contributed by atoms with van der Waals surface area (Å²) in [5, 5.41) is 2.91. The van der Waals surface area contributed by atoms with E-state index in [-0.39, 0.29) is 10.8 Å². The molecule has 1 amide bonds. The smallest absolute Gasteiger partial charge is 0.332 e. The number of benzene rings is 1. The maximum Gasteiger partial charge on any atom is 0.332 e. The second kappa shape index (κ2) is 6.68. The lowest BCUT2D eigenvalue weighted by atomic mass is 10.2. The van der Waals surface area contributed by atoms with Crippen LogP contribution in [0.5, 0.6) is 0 Å². The average molecular weight is 380 g/mol. The van der Waals surface area contributed by atoms with Crippen LogP contribution in [0.15, 0.2) is 47.6 Å². The van der Waals surface area contributed by atoms with E-state index < -0.39 is 11.9 Å². The molecular weight excluding hydrogens is 370 g/mol. The van der Waals surface area contributed by atoms with E-state index >= 15 is 0 Å². The molecule has 0 aliphatic carbocycles. The SMILES string of the molecule is COC(=O)C=C1C(=O)N(c2nccs2)C(=S)N1c1ccc(Cl)cc1. The summed E-state index contributed by atoms with van der Waals surface area (Å²) in [5.41, 5.74) is 0.691. The third-order valence-corrected chi connectivity index (χ3v) is 4.57. The highest BCUT2D eigenvalue weighted by atomic mass is 35.5. The second-order valence-corrected chi connectivity index (χ2v) is 6.28. The van der Waals surface area contributed by atoms with Crippen molar-refractivity contribution in [1.82, 2.24) is 4.98 Å². The minimum Gasteiger partial charge on any atom is -0.466 e. The molecular formula is C15H10ClN3O3S2. The molecule has 0 saturated carbocycles. The van der Waals surface area contributed by atoms with Crippen LogP contribution < -0.4 is 9.80 Å². The number of methoxy groups -OCH3 is 1. The van der Waals surface area contributed by atoms with E-state index in [1.54, 1.807) is 35.8 Å². The van der Waals surface area contributed by atoms with Crippen LogP contribution in [-0.2, 0) is 14.3 Å². The van der Waals surface area contributed by atoms with E-state index in [2.05, 4.69) is 9.72 Å². The van der Waals surface area contributed by atoms with Crippen LogP contribution in [0.25, 0.3) is 0 Å². The number of rotatable bonds is 3. The zero-order chi connectivity index (χ0) is 17.3. The number of carbonyl (C=O) groups excluding carboxylic acids is 2. The van der Waals surface area contributed by atoms with Crippen molar-refractivity contribution in [3.05, 3.63) is 52.6 Å². The fourth-order valence-electron chi connectivity index (χ4n) is 2.13. The Morgan fingerprint density at radius 3 is 2.62 bits per heavy atom. The topological polar surface area (TPSA) is 62.7 Å². The lowest BCUT2D eigenvalue weighted by molar-refractivity contribution is -0.135. The van der Waals surface area contributed by atoms with Crippen LogP contribution in [-0.4, -0.2) is 29.1 Å². The van der Waals surface area contributed by atoms with Crippen LogP contribution in [0.3, 0.4) is 0 Å². The summed E-state index contributed by atoms with van der Waals surface area (Å²) in [4.78, 5) is 31.3. The maximum atomic E-state index is 12.8. The Kier molecular flexibility index (Phi) is 4.61. The highest BCUT2D eigenvalue weighted by molar-refractivity contribution is 7.81. The number of hydrogen-bond acceptors (Lipinski definition) is 6. The third kappa shape index (κ3) is 2.91. The number of amides is 1. The quantitative estimate of drug-likeness (QED) is 0.464. The van der Waals surface area contributed by atoms with Gasteiger partial charge < -0.3 is 4.74 Å². The molecule has 1 saturated heterocycles. The van der Waals surface area contributed by atoms with Gasteiger partial charge in [0.25, 0.3) is 5.91 Å². The Balaban J connectivity index is 2.11. The molecule has 24 heavy (non-hydrogen) atoms. The number of nitrogens with zero attached hydrogens (tertiary/aromatic N) is 3. The molecule has 1 aromatic heterocycles. The van der Waals surface area contributed by atoms with Crippen molar-refractivity contribution in [3.8, 4) is 0 Å². The Morgan fingerprint density at radius 2 is 2.04 bits per heavy atom. The molecule has 0 atom stereocenters. The summed E-state index contributed by atoms with van der Waals surface area (Å²) < 4.78 is 4.63. The lowest BCUT2D eigenvalue weighted by Gasteiger charge is -2.19. The van der Waals surface area contributed by atoms with Gasteiger partial charge in [-0.15, -0.1) is 11.3 Å².